The van der Waals surface area contributed by atoms with E-state index < -0.39 is 8.80 Å². The van der Waals surface area contributed by atoms with Gasteiger partial charge in [-0.1, -0.05) is 42.5 Å². The van der Waals surface area contributed by atoms with Gasteiger partial charge < -0.3 is 13.3 Å². The Morgan fingerprint density at radius 1 is 1.19 bits per heavy atom. The highest BCUT2D eigenvalue weighted by molar-refractivity contribution is 6.75. The molecule has 3 nitrogen and oxygen atoms in total. The molecule has 0 saturated heterocycles. The van der Waals surface area contributed by atoms with Crippen molar-refractivity contribution < 1.29 is 13.3 Å². The van der Waals surface area contributed by atoms with Crippen LogP contribution in [0.5, 0.6) is 0 Å². The Hall–Kier alpha value is -0.943. The summed E-state index contributed by atoms with van der Waals surface area (Å²) in [5.74, 6) is 0. The predicted molar refractivity (Wildman–Crippen MR) is 66.6 cm³/mol. The fraction of sp³-hybridized carbons (Fsp3) is 0.333. The standard InChI is InChI=1S/C12H18O3Si/c1-11(2)10-15-16(13-3,14-4)12-8-6-5-7-9-12/h5-9H,1,10H2,2-4H3. The van der Waals surface area contributed by atoms with Gasteiger partial charge in [0, 0.05) is 19.4 Å². The van der Waals surface area contributed by atoms with Crippen molar-refractivity contribution in [1.29, 1.82) is 0 Å². The monoisotopic (exact) mass is 238 g/mol. The maximum Gasteiger partial charge on any atom is 0.536 e. The molecule has 0 heterocycles. The van der Waals surface area contributed by atoms with Crippen molar-refractivity contribution in [3.8, 4) is 0 Å². The lowest BCUT2D eigenvalue weighted by molar-refractivity contribution is 0.123. The third-order valence-corrected chi connectivity index (χ3v) is 4.81. The first kappa shape index (κ1) is 13.1. The van der Waals surface area contributed by atoms with Crippen LogP contribution in [0.4, 0.5) is 0 Å². The first-order valence-corrected chi connectivity index (χ1v) is 6.81. The molecule has 0 N–H and O–H groups in total. The van der Waals surface area contributed by atoms with Gasteiger partial charge in [0.1, 0.15) is 0 Å². The van der Waals surface area contributed by atoms with Crippen LogP contribution in [0.25, 0.3) is 0 Å². The van der Waals surface area contributed by atoms with Gasteiger partial charge in [-0.15, -0.1) is 0 Å². The van der Waals surface area contributed by atoms with Gasteiger partial charge in [0.05, 0.1) is 6.61 Å². The minimum Gasteiger partial charge on any atom is -0.373 e. The molecule has 4 heteroatoms. The molecule has 0 aliphatic carbocycles. The first-order chi connectivity index (χ1) is 7.64. The number of rotatable bonds is 6. The normalized spacial score (nSPS) is 11.4. The lowest BCUT2D eigenvalue weighted by Crippen LogP contribution is -2.55. The van der Waals surface area contributed by atoms with Gasteiger partial charge in [0.25, 0.3) is 0 Å². The topological polar surface area (TPSA) is 27.7 Å². The summed E-state index contributed by atoms with van der Waals surface area (Å²) in [4.78, 5) is 0. The van der Waals surface area contributed by atoms with Crippen molar-refractivity contribution in [1.82, 2.24) is 0 Å². The minimum atomic E-state index is -2.74. The van der Waals surface area contributed by atoms with E-state index in [1.165, 1.54) is 0 Å². The smallest absolute Gasteiger partial charge is 0.373 e. The van der Waals surface area contributed by atoms with Crippen LogP contribution < -0.4 is 5.19 Å². The van der Waals surface area contributed by atoms with E-state index in [1.54, 1.807) is 14.2 Å². The molecule has 1 rings (SSSR count). The van der Waals surface area contributed by atoms with Crippen molar-refractivity contribution in [2.45, 2.75) is 6.92 Å². The lowest BCUT2D eigenvalue weighted by Gasteiger charge is -2.26. The van der Waals surface area contributed by atoms with Gasteiger partial charge in [0.15, 0.2) is 0 Å². The van der Waals surface area contributed by atoms with Gasteiger partial charge in [-0.05, 0) is 6.92 Å². The number of benzene rings is 1. The maximum atomic E-state index is 5.77. The van der Waals surface area contributed by atoms with Crippen LogP contribution in [-0.4, -0.2) is 29.6 Å². The van der Waals surface area contributed by atoms with Crippen molar-refractivity contribution in [3.05, 3.63) is 42.5 Å². The average molecular weight is 238 g/mol. The summed E-state index contributed by atoms with van der Waals surface area (Å²) in [6.45, 7) is 6.17. The molecule has 0 bridgehead atoms. The Bertz CT molecular complexity index is 333. The van der Waals surface area contributed by atoms with E-state index in [1.807, 2.05) is 37.3 Å². The molecule has 0 radical (unpaired) electrons. The predicted octanol–water partition coefficient (Wildman–Crippen LogP) is 1.72. The zero-order valence-corrected chi connectivity index (χ0v) is 11.0. The van der Waals surface area contributed by atoms with Crippen LogP contribution in [0, 0.1) is 0 Å². The van der Waals surface area contributed by atoms with E-state index in [0.29, 0.717) is 6.61 Å². The molecule has 16 heavy (non-hydrogen) atoms. The summed E-state index contributed by atoms with van der Waals surface area (Å²) in [6.07, 6.45) is 0. The molecule has 0 spiro atoms. The van der Waals surface area contributed by atoms with Gasteiger partial charge >= 0.3 is 8.80 Å². The van der Waals surface area contributed by atoms with Crippen LogP contribution in [0.15, 0.2) is 42.5 Å². The summed E-state index contributed by atoms with van der Waals surface area (Å²) >= 11 is 0. The molecule has 88 valence electrons. The second-order valence-corrected chi connectivity index (χ2v) is 6.37. The number of hydrogen-bond acceptors (Lipinski definition) is 3. The molecule has 1 aromatic carbocycles. The van der Waals surface area contributed by atoms with Crippen molar-refractivity contribution >= 4 is 14.0 Å². The van der Waals surface area contributed by atoms with E-state index >= 15 is 0 Å². The zero-order valence-electron chi connectivity index (χ0n) is 10.0. The van der Waals surface area contributed by atoms with Gasteiger partial charge in [0.2, 0.25) is 0 Å². The second kappa shape index (κ2) is 5.96. The summed E-state index contributed by atoms with van der Waals surface area (Å²) in [5.41, 5.74) is 0.946. The highest BCUT2D eigenvalue weighted by Crippen LogP contribution is 2.09. The molecule has 0 unspecified atom stereocenters. The molecule has 0 aliphatic heterocycles. The third-order valence-electron chi connectivity index (χ3n) is 2.17. The average Bonchev–Trinajstić information content (AvgIpc) is 2.32. The fourth-order valence-electron chi connectivity index (χ4n) is 1.38. The van der Waals surface area contributed by atoms with E-state index in [0.717, 1.165) is 10.8 Å². The molecule has 0 amide bonds. The van der Waals surface area contributed by atoms with E-state index in [-0.39, 0.29) is 0 Å². The van der Waals surface area contributed by atoms with Crippen LogP contribution in [0.2, 0.25) is 0 Å². The van der Waals surface area contributed by atoms with Crippen molar-refractivity contribution in [2.75, 3.05) is 20.8 Å². The van der Waals surface area contributed by atoms with E-state index in [2.05, 4.69) is 6.58 Å². The fourth-order valence-corrected chi connectivity index (χ4v) is 3.46. The molecular formula is C12H18O3Si. The Balaban J connectivity index is 2.92. The van der Waals surface area contributed by atoms with E-state index in [9.17, 15) is 0 Å². The third kappa shape index (κ3) is 3.02. The molecule has 1 aromatic rings. The Kier molecular flexibility index (Phi) is 4.89. The summed E-state index contributed by atoms with van der Waals surface area (Å²) in [6, 6.07) is 9.75. The highest BCUT2D eigenvalue weighted by Gasteiger charge is 2.41. The van der Waals surface area contributed by atoms with E-state index in [4.69, 9.17) is 13.3 Å². The Morgan fingerprint density at radius 2 is 1.75 bits per heavy atom. The summed E-state index contributed by atoms with van der Waals surface area (Å²) in [7, 11) is 0.481. The van der Waals surface area contributed by atoms with Gasteiger partial charge in [-0.2, -0.15) is 0 Å². The van der Waals surface area contributed by atoms with Gasteiger partial charge in [-0.25, -0.2) is 0 Å². The van der Waals surface area contributed by atoms with Crippen LogP contribution in [0.3, 0.4) is 0 Å². The maximum absolute atomic E-state index is 5.77. The Morgan fingerprint density at radius 3 is 2.19 bits per heavy atom. The van der Waals surface area contributed by atoms with Gasteiger partial charge in [-0.3, -0.25) is 0 Å². The van der Waals surface area contributed by atoms with Crippen LogP contribution >= 0.6 is 0 Å². The molecular weight excluding hydrogens is 220 g/mol. The first-order valence-electron chi connectivity index (χ1n) is 5.09. The summed E-state index contributed by atoms with van der Waals surface area (Å²) in [5, 5.41) is 0.959. The quantitative estimate of drug-likeness (QED) is 0.558. The summed E-state index contributed by atoms with van der Waals surface area (Å²) < 4.78 is 16.7. The minimum absolute atomic E-state index is 0.447. The largest absolute Gasteiger partial charge is 0.536 e. The Labute approximate surface area is 98.0 Å². The molecule has 0 atom stereocenters. The molecule has 0 fully saturated rings. The molecule has 0 aliphatic rings. The SMILES string of the molecule is C=C(C)CO[Si](OC)(OC)c1ccccc1. The van der Waals surface area contributed by atoms with Crippen molar-refractivity contribution in [3.63, 3.8) is 0 Å². The highest BCUT2D eigenvalue weighted by atomic mass is 28.4. The molecule has 0 saturated carbocycles. The molecule has 0 aromatic heterocycles. The number of hydrogen-bond donors (Lipinski definition) is 0. The van der Waals surface area contributed by atoms with Crippen molar-refractivity contribution in [2.24, 2.45) is 0 Å². The zero-order chi connectivity index (χ0) is 12.0. The second-order valence-electron chi connectivity index (χ2n) is 3.58. The van der Waals surface area contributed by atoms with Crippen LogP contribution in [-0.2, 0) is 13.3 Å². The lowest BCUT2D eigenvalue weighted by atomic mass is 10.4. The van der Waals surface area contributed by atoms with Crippen LogP contribution in [0.1, 0.15) is 6.92 Å².